The van der Waals surface area contributed by atoms with Crippen LogP contribution >= 0.6 is 0 Å². The number of nitrogens with two attached hydrogens (primary N) is 1. The van der Waals surface area contributed by atoms with Gasteiger partial charge in [-0.1, -0.05) is 6.07 Å². The molecule has 100 valence electrons. The first-order valence-corrected chi connectivity index (χ1v) is 6.36. The number of nitrogen functional groups attached to an aromatic ring is 1. The minimum absolute atomic E-state index is 0.302. The fraction of sp³-hybridized carbons (Fsp3) is 0.357. The smallest absolute Gasteiger partial charge is 0.221 e. The van der Waals surface area contributed by atoms with E-state index >= 15 is 0 Å². The van der Waals surface area contributed by atoms with E-state index in [2.05, 4.69) is 26.8 Å². The molecular weight excluding hydrogens is 238 g/mol. The molecule has 2 heterocycles. The Morgan fingerprint density at radius 2 is 2.00 bits per heavy atom. The molecule has 5 nitrogen and oxygen atoms in total. The maximum atomic E-state index is 5.67. The first-order chi connectivity index (χ1) is 9.10. The van der Waals surface area contributed by atoms with Gasteiger partial charge in [0.05, 0.1) is 12.2 Å². The summed E-state index contributed by atoms with van der Waals surface area (Å²) < 4.78 is 0. The Morgan fingerprint density at radius 1 is 1.21 bits per heavy atom. The summed E-state index contributed by atoms with van der Waals surface area (Å²) in [7, 11) is 0. The zero-order valence-corrected chi connectivity index (χ0v) is 11.6. The highest BCUT2D eigenvalue weighted by molar-refractivity contribution is 5.48. The zero-order valence-electron chi connectivity index (χ0n) is 11.6. The van der Waals surface area contributed by atoms with Gasteiger partial charge in [0.1, 0.15) is 5.82 Å². The molecule has 2 aromatic heterocycles. The molecule has 0 bridgehead atoms. The van der Waals surface area contributed by atoms with Crippen LogP contribution in [0.2, 0.25) is 0 Å². The van der Waals surface area contributed by atoms with Crippen LogP contribution in [0.5, 0.6) is 0 Å². The molecule has 2 N–H and O–H groups in total. The maximum absolute atomic E-state index is 5.67. The Hall–Kier alpha value is -2.17. The number of anilines is 2. The molecule has 0 amide bonds. The number of hydrogen-bond acceptors (Lipinski definition) is 5. The minimum Gasteiger partial charge on any atom is -0.368 e. The molecule has 0 saturated heterocycles. The molecule has 0 radical (unpaired) electrons. The predicted octanol–water partition coefficient (Wildman–Crippen LogP) is 2.10. The van der Waals surface area contributed by atoms with E-state index in [0.717, 1.165) is 35.9 Å². The zero-order chi connectivity index (χ0) is 13.8. The highest BCUT2D eigenvalue weighted by Gasteiger charge is 2.11. The molecule has 0 aliphatic rings. The second-order valence-electron chi connectivity index (χ2n) is 4.52. The first kappa shape index (κ1) is 13.3. The number of rotatable bonds is 4. The van der Waals surface area contributed by atoms with Crippen molar-refractivity contribution in [1.82, 2.24) is 15.0 Å². The normalized spacial score (nSPS) is 10.5. The maximum Gasteiger partial charge on any atom is 0.221 e. The van der Waals surface area contributed by atoms with E-state index in [1.165, 1.54) is 0 Å². The van der Waals surface area contributed by atoms with Crippen LogP contribution in [-0.2, 0) is 6.54 Å². The van der Waals surface area contributed by atoms with Gasteiger partial charge in [-0.3, -0.25) is 4.98 Å². The lowest BCUT2D eigenvalue weighted by atomic mass is 10.2. The molecule has 0 saturated carbocycles. The Balaban J connectivity index is 2.27. The Morgan fingerprint density at radius 3 is 2.68 bits per heavy atom. The van der Waals surface area contributed by atoms with Crippen LogP contribution in [0.15, 0.2) is 24.4 Å². The van der Waals surface area contributed by atoms with Crippen LogP contribution in [0, 0.1) is 13.8 Å². The molecular formula is C14H19N5. The summed E-state index contributed by atoms with van der Waals surface area (Å²) in [6.07, 6.45) is 1.75. The van der Waals surface area contributed by atoms with Gasteiger partial charge in [0, 0.05) is 24.0 Å². The average Bonchev–Trinajstić information content (AvgIpc) is 2.39. The van der Waals surface area contributed by atoms with Crippen molar-refractivity contribution < 1.29 is 0 Å². The van der Waals surface area contributed by atoms with Gasteiger partial charge in [-0.2, -0.15) is 4.98 Å². The lowest BCUT2D eigenvalue weighted by Crippen LogP contribution is -2.25. The van der Waals surface area contributed by atoms with Gasteiger partial charge in [-0.15, -0.1) is 0 Å². The van der Waals surface area contributed by atoms with Crippen molar-refractivity contribution in [2.45, 2.75) is 27.3 Å². The number of aromatic nitrogens is 3. The molecule has 2 rings (SSSR count). The van der Waals surface area contributed by atoms with Crippen molar-refractivity contribution >= 4 is 11.8 Å². The third kappa shape index (κ3) is 3.19. The van der Waals surface area contributed by atoms with E-state index in [0.29, 0.717) is 5.95 Å². The van der Waals surface area contributed by atoms with Crippen molar-refractivity contribution in [3.05, 3.63) is 41.3 Å². The second kappa shape index (κ2) is 5.65. The Labute approximate surface area is 113 Å². The highest BCUT2D eigenvalue weighted by Crippen LogP contribution is 2.18. The van der Waals surface area contributed by atoms with Crippen molar-refractivity contribution in [2.24, 2.45) is 0 Å². The third-order valence-electron chi connectivity index (χ3n) is 2.94. The highest BCUT2D eigenvalue weighted by atomic mass is 15.2. The predicted molar refractivity (Wildman–Crippen MR) is 76.9 cm³/mol. The van der Waals surface area contributed by atoms with Gasteiger partial charge in [-0.05, 0) is 32.9 Å². The van der Waals surface area contributed by atoms with Crippen molar-refractivity contribution in [1.29, 1.82) is 0 Å². The van der Waals surface area contributed by atoms with E-state index in [1.54, 1.807) is 6.20 Å². The van der Waals surface area contributed by atoms with E-state index < -0.39 is 0 Å². The third-order valence-corrected chi connectivity index (χ3v) is 2.94. The van der Waals surface area contributed by atoms with Crippen LogP contribution in [0.4, 0.5) is 11.8 Å². The quantitative estimate of drug-likeness (QED) is 0.908. The standard InChI is InChI=1S/C14H19N5/c1-4-19(9-12-7-5-6-11(3)17-12)13-10(2)8-16-14(15)18-13/h5-8H,4,9H2,1-3H3,(H2,15,16,18). The molecule has 0 fully saturated rings. The summed E-state index contributed by atoms with van der Waals surface area (Å²) in [5.41, 5.74) is 8.74. The Kier molecular flexibility index (Phi) is 3.94. The number of aryl methyl sites for hydroxylation is 2. The Bertz CT molecular complexity index is 568. The molecule has 2 aromatic rings. The number of pyridine rings is 1. The SMILES string of the molecule is CCN(Cc1cccc(C)n1)c1nc(N)ncc1C. The number of hydrogen-bond donors (Lipinski definition) is 1. The van der Waals surface area contributed by atoms with E-state index in [1.807, 2.05) is 32.0 Å². The van der Waals surface area contributed by atoms with Crippen LogP contribution in [0.3, 0.4) is 0 Å². The van der Waals surface area contributed by atoms with E-state index in [9.17, 15) is 0 Å². The van der Waals surface area contributed by atoms with Gasteiger partial charge in [0.25, 0.3) is 0 Å². The molecule has 0 aromatic carbocycles. The topological polar surface area (TPSA) is 67.9 Å². The van der Waals surface area contributed by atoms with E-state index in [-0.39, 0.29) is 0 Å². The number of nitrogens with zero attached hydrogens (tertiary/aromatic N) is 4. The molecule has 0 aliphatic heterocycles. The summed E-state index contributed by atoms with van der Waals surface area (Å²) in [5, 5.41) is 0. The van der Waals surface area contributed by atoms with Crippen LogP contribution in [0.1, 0.15) is 23.9 Å². The molecule has 0 unspecified atom stereocenters. The molecule has 19 heavy (non-hydrogen) atoms. The summed E-state index contributed by atoms with van der Waals surface area (Å²) in [5.74, 6) is 1.18. The minimum atomic E-state index is 0.302. The summed E-state index contributed by atoms with van der Waals surface area (Å²) in [6.45, 7) is 7.63. The lowest BCUT2D eigenvalue weighted by molar-refractivity contribution is 0.784. The van der Waals surface area contributed by atoms with Crippen LogP contribution in [-0.4, -0.2) is 21.5 Å². The molecule has 0 atom stereocenters. The average molecular weight is 257 g/mol. The fourth-order valence-corrected chi connectivity index (χ4v) is 1.99. The van der Waals surface area contributed by atoms with Crippen LogP contribution < -0.4 is 10.6 Å². The molecule has 0 spiro atoms. The van der Waals surface area contributed by atoms with Gasteiger partial charge >= 0.3 is 0 Å². The molecule has 5 heteroatoms. The second-order valence-corrected chi connectivity index (χ2v) is 4.52. The largest absolute Gasteiger partial charge is 0.368 e. The van der Waals surface area contributed by atoms with Gasteiger partial charge < -0.3 is 10.6 Å². The lowest BCUT2D eigenvalue weighted by Gasteiger charge is -2.23. The van der Waals surface area contributed by atoms with Crippen molar-refractivity contribution in [3.8, 4) is 0 Å². The van der Waals surface area contributed by atoms with Crippen molar-refractivity contribution in [3.63, 3.8) is 0 Å². The first-order valence-electron chi connectivity index (χ1n) is 6.36. The summed E-state index contributed by atoms with van der Waals surface area (Å²) >= 11 is 0. The van der Waals surface area contributed by atoms with Gasteiger partial charge in [0.2, 0.25) is 5.95 Å². The van der Waals surface area contributed by atoms with E-state index in [4.69, 9.17) is 5.73 Å². The van der Waals surface area contributed by atoms with Gasteiger partial charge in [-0.25, -0.2) is 4.98 Å². The fourth-order valence-electron chi connectivity index (χ4n) is 1.99. The monoisotopic (exact) mass is 257 g/mol. The van der Waals surface area contributed by atoms with Crippen LogP contribution in [0.25, 0.3) is 0 Å². The van der Waals surface area contributed by atoms with Gasteiger partial charge in [0.15, 0.2) is 0 Å². The summed E-state index contributed by atoms with van der Waals surface area (Å²) in [4.78, 5) is 15.0. The van der Waals surface area contributed by atoms with Crippen molar-refractivity contribution in [2.75, 3.05) is 17.2 Å². The molecule has 0 aliphatic carbocycles. The summed E-state index contributed by atoms with van der Waals surface area (Å²) in [6, 6.07) is 6.04.